The van der Waals surface area contributed by atoms with E-state index in [1.54, 1.807) is 12.1 Å². The van der Waals surface area contributed by atoms with E-state index in [2.05, 4.69) is 10.6 Å². The molecular weight excluding hydrogens is 266 g/mol. The summed E-state index contributed by atoms with van der Waals surface area (Å²) in [6.07, 6.45) is 3.85. The molecule has 0 radical (unpaired) electrons. The molecule has 0 aromatic heterocycles. The Hall–Kier alpha value is -1.88. The van der Waals surface area contributed by atoms with Gasteiger partial charge in [-0.25, -0.2) is 0 Å². The molecule has 4 N–H and O–H groups in total. The predicted octanol–water partition coefficient (Wildman–Crippen LogP) is 1.32. The first-order chi connectivity index (χ1) is 10.0. The van der Waals surface area contributed by atoms with Crippen LogP contribution in [0, 0.1) is 0 Å². The Morgan fingerprint density at radius 3 is 2.33 bits per heavy atom. The number of carbonyl (C=O) groups excluding carboxylic acids is 2. The van der Waals surface area contributed by atoms with Crippen LogP contribution >= 0.6 is 0 Å². The third-order valence-corrected chi connectivity index (χ3v) is 3.86. The van der Waals surface area contributed by atoms with Crippen LogP contribution in [0.25, 0.3) is 0 Å². The van der Waals surface area contributed by atoms with Crippen molar-refractivity contribution in [1.82, 2.24) is 10.6 Å². The molecule has 2 amide bonds. The van der Waals surface area contributed by atoms with Crippen LogP contribution in [-0.2, 0) is 11.3 Å². The molecule has 0 bridgehead atoms. The average molecular weight is 289 g/mol. The van der Waals surface area contributed by atoms with Gasteiger partial charge in [0.2, 0.25) is 5.91 Å². The Morgan fingerprint density at radius 2 is 1.76 bits per heavy atom. The normalized spacial score (nSPS) is 21.6. The molecule has 5 heteroatoms. The van der Waals surface area contributed by atoms with Crippen LogP contribution in [0.15, 0.2) is 24.3 Å². The fraction of sp³-hybridized carbons (Fsp3) is 0.500. The Kier molecular flexibility index (Phi) is 5.33. The van der Waals surface area contributed by atoms with Crippen LogP contribution in [0.3, 0.4) is 0 Å². The highest BCUT2D eigenvalue weighted by Gasteiger charge is 2.20. The van der Waals surface area contributed by atoms with Crippen LogP contribution in [-0.4, -0.2) is 23.9 Å². The quantitative estimate of drug-likeness (QED) is 0.781. The number of carbonyl (C=O) groups is 2. The van der Waals surface area contributed by atoms with Gasteiger partial charge in [-0.2, -0.15) is 0 Å². The van der Waals surface area contributed by atoms with Crippen LogP contribution in [0.4, 0.5) is 0 Å². The second-order valence-corrected chi connectivity index (χ2v) is 5.69. The highest BCUT2D eigenvalue weighted by Crippen LogP contribution is 2.17. The van der Waals surface area contributed by atoms with E-state index in [9.17, 15) is 9.59 Å². The fourth-order valence-corrected chi connectivity index (χ4v) is 2.53. The molecule has 1 saturated carbocycles. The van der Waals surface area contributed by atoms with Gasteiger partial charge in [0.1, 0.15) is 0 Å². The molecule has 0 atom stereocenters. The number of amides is 2. The average Bonchev–Trinajstić information content (AvgIpc) is 2.48. The summed E-state index contributed by atoms with van der Waals surface area (Å²) < 4.78 is 0. The van der Waals surface area contributed by atoms with Crippen LogP contribution in [0.2, 0.25) is 0 Å². The summed E-state index contributed by atoms with van der Waals surface area (Å²) in [4.78, 5) is 23.0. The van der Waals surface area contributed by atoms with E-state index in [0.29, 0.717) is 12.1 Å². The molecule has 0 spiro atoms. The molecule has 1 aliphatic rings. The first-order valence-corrected chi connectivity index (χ1v) is 7.44. The zero-order valence-electron chi connectivity index (χ0n) is 12.4. The lowest BCUT2D eigenvalue weighted by Crippen LogP contribution is -2.40. The first-order valence-electron chi connectivity index (χ1n) is 7.44. The third-order valence-electron chi connectivity index (χ3n) is 3.86. The van der Waals surface area contributed by atoms with Crippen LogP contribution in [0.5, 0.6) is 0 Å². The molecule has 5 nitrogen and oxygen atoms in total. The lowest BCUT2D eigenvalue weighted by Gasteiger charge is -2.26. The number of nitrogens with two attached hydrogens (primary N) is 1. The highest BCUT2D eigenvalue weighted by atomic mass is 16.2. The number of rotatable bonds is 4. The lowest BCUT2D eigenvalue weighted by molar-refractivity contribution is -0.119. The van der Waals surface area contributed by atoms with E-state index in [-0.39, 0.29) is 23.9 Å². The van der Waals surface area contributed by atoms with E-state index in [1.165, 1.54) is 6.92 Å². The standard InChI is InChI=1S/C16H23N3O2/c1-11(20)18-10-12-2-4-13(5-3-12)16(21)19-15-8-6-14(17)7-9-15/h2-5,14-15H,6-10,17H2,1H3,(H,18,20)(H,19,21). The third kappa shape index (κ3) is 4.86. The maximum Gasteiger partial charge on any atom is 0.251 e. The number of nitrogens with one attached hydrogen (secondary N) is 2. The van der Waals surface area contributed by atoms with Crippen molar-refractivity contribution in [3.8, 4) is 0 Å². The van der Waals surface area contributed by atoms with Crippen molar-refractivity contribution in [1.29, 1.82) is 0 Å². The van der Waals surface area contributed by atoms with Gasteiger partial charge in [0.15, 0.2) is 0 Å². The molecule has 1 aliphatic carbocycles. The molecule has 2 rings (SSSR count). The molecule has 0 unspecified atom stereocenters. The molecule has 21 heavy (non-hydrogen) atoms. The van der Waals surface area contributed by atoms with E-state index >= 15 is 0 Å². The molecule has 0 heterocycles. The van der Waals surface area contributed by atoms with Gasteiger partial charge < -0.3 is 16.4 Å². The van der Waals surface area contributed by atoms with E-state index in [0.717, 1.165) is 31.2 Å². The van der Waals surface area contributed by atoms with Crippen molar-refractivity contribution in [2.24, 2.45) is 5.73 Å². The molecule has 1 aromatic carbocycles. The summed E-state index contributed by atoms with van der Waals surface area (Å²) >= 11 is 0. The Bertz CT molecular complexity index is 491. The lowest BCUT2D eigenvalue weighted by atomic mass is 9.91. The Balaban J connectivity index is 1.86. The summed E-state index contributed by atoms with van der Waals surface area (Å²) in [6, 6.07) is 7.83. The van der Waals surface area contributed by atoms with Crippen molar-refractivity contribution in [3.05, 3.63) is 35.4 Å². The second kappa shape index (κ2) is 7.22. The van der Waals surface area contributed by atoms with Crippen molar-refractivity contribution >= 4 is 11.8 Å². The first kappa shape index (κ1) is 15.5. The van der Waals surface area contributed by atoms with Crippen molar-refractivity contribution in [2.75, 3.05) is 0 Å². The zero-order chi connectivity index (χ0) is 15.2. The summed E-state index contributed by atoms with van der Waals surface area (Å²) in [6.45, 7) is 1.97. The summed E-state index contributed by atoms with van der Waals surface area (Å²) in [7, 11) is 0. The van der Waals surface area contributed by atoms with Gasteiger partial charge in [-0.3, -0.25) is 9.59 Å². The predicted molar refractivity (Wildman–Crippen MR) is 81.7 cm³/mol. The summed E-state index contributed by atoms with van der Waals surface area (Å²) in [5.41, 5.74) is 7.49. The largest absolute Gasteiger partial charge is 0.352 e. The van der Waals surface area contributed by atoms with E-state index in [4.69, 9.17) is 5.73 Å². The van der Waals surface area contributed by atoms with Gasteiger partial charge in [-0.1, -0.05) is 12.1 Å². The maximum absolute atomic E-state index is 12.2. The monoisotopic (exact) mass is 289 g/mol. The molecule has 114 valence electrons. The van der Waals surface area contributed by atoms with Crippen LogP contribution < -0.4 is 16.4 Å². The number of hydrogen-bond acceptors (Lipinski definition) is 3. The number of benzene rings is 1. The Labute approximate surface area is 125 Å². The minimum atomic E-state index is -0.0627. The minimum absolute atomic E-state index is 0.0402. The van der Waals surface area contributed by atoms with Gasteiger partial charge in [0.05, 0.1) is 0 Å². The SMILES string of the molecule is CC(=O)NCc1ccc(C(=O)NC2CCC(N)CC2)cc1. The number of hydrogen-bond donors (Lipinski definition) is 3. The van der Waals surface area contributed by atoms with Gasteiger partial charge >= 0.3 is 0 Å². The Morgan fingerprint density at radius 1 is 1.14 bits per heavy atom. The van der Waals surface area contributed by atoms with Crippen LogP contribution in [0.1, 0.15) is 48.5 Å². The zero-order valence-corrected chi connectivity index (χ0v) is 12.4. The maximum atomic E-state index is 12.2. The van der Waals surface area contributed by atoms with Gasteiger partial charge in [-0.15, -0.1) is 0 Å². The van der Waals surface area contributed by atoms with Gasteiger partial charge in [-0.05, 0) is 43.4 Å². The molecule has 1 fully saturated rings. The minimum Gasteiger partial charge on any atom is -0.352 e. The smallest absolute Gasteiger partial charge is 0.251 e. The fourth-order valence-electron chi connectivity index (χ4n) is 2.53. The molecule has 0 aliphatic heterocycles. The van der Waals surface area contributed by atoms with Gasteiger partial charge in [0.25, 0.3) is 5.91 Å². The molecule has 1 aromatic rings. The second-order valence-electron chi connectivity index (χ2n) is 5.69. The van der Waals surface area contributed by atoms with Crippen molar-refractivity contribution < 1.29 is 9.59 Å². The highest BCUT2D eigenvalue weighted by molar-refractivity contribution is 5.94. The van der Waals surface area contributed by atoms with Crippen molar-refractivity contribution in [2.45, 2.75) is 51.2 Å². The van der Waals surface area contributed by atoms with E-state index < -0.39 is 0 Å². The summed E-state index contributed by atoms with van der Waals surface area (Å²) in [5.74, 6) is -0.103. The molecule has 0 saturated heterocycles. The topological polar surface area (TPSA) is 84.2 Å². The van der Waals surface area contributed by atoms with Gasteiger partial charge in [0, 0.05) is 31.1 Å². The summed E-state index contributed by atoms with van der Waals surface area (Å²) in [5, 5.41) is 5.79. The molecular formula is C16H23N3O2. The van der Waals surface area contributed by atoms with Crippen molar-refractivity contribution in [3.63, 3.8) is 0 Å². The van der Waals surface area contributed by atoms with E-state index in [1.807, 2.05) is 12.1 Å².